The maximum atomic E-state index is 11.9. The molecule has 0 radical (unpaired) electrons. The van der Waals surface area contributed by atoms with Crippen LogP contribution >= 0.6 is 34.5 Å². The van der Waals surface area contributed by atoms with Crippen LogP contribution in [0.15, 0.2) is 48.5 Å². The summed E-state index contributed by atoms with van der Waals surface area (Å²) in [5, 5.41) is 15.3. The van der Waals surface area contributed by atoms with E-state index in [4.69, 9.17) is 27.9 Å². The summed E-state index contributed by atoms with van der Waals surface area (Å²) in [6.07, 6.45) is 0. The fourth-order valence-corrected chi connectivity index (χ4v) is 2.83. The molecular formula is C16H12Cl2N4O2S. The van der Waals surface area contributed by atoms with Crippen molar-refractivity contribution >= 4 is 51.4 Å². The van der Waals surface area contributed by atoms with Crippen LogP contribution in [-0.2, 0) is 6.61 Å². The van der Waals surface area contributed by atoms with Gasteiger partial charge in [0, 0.05) is 15.7 Å². The first-order chi connectivity index (χ1) is 12.1. The summed E-state index contributed by atoms with van der Waals surface area (Å²) in [4.78, 5) is 11.9. The van der Waals surface area contributed by atoms with Crippen LogP contribution < -0.4 is 15.4 Å². The molecule has 1 aromatic heterocycles. The number of anilines is 2. The molecule has 0 aliphatic rings. The highest BCUT2D eigenvalue weighted by Gasteiger charge is 2.09. The summed E-state index contributed by atoms with van der Waals surface area (Å²) >= 11 is 12.9. The van der Waals surface area contributed by atoms with Crippen LogP contribution in [0.25, 0.3) is 0 Å². The number of aromatic nitrogens is 2. The SMILES string of the molecule is O=C(Nc1cccc(Cl)c1)Nc1nnc(COc2ccc(Cl)cc2)s1. The van der Waals surface area contributed by atoms with Crippen molar-refractivity contribution in [2.24, 2.45) is 0 Å². The number of benzene rings is 2. The van der Waals surface area contributed by atoms with Crippen LogP contribution in [0, 0.1) is 0 Å². The van der Waals surface area contributed by atoms with Gasteiger partial charge in [0.25, 0.3) is 0 Å². The van der Waals surface area contributed by atoms with Crippen LogP contribution in [0.5, 0.6) is 5.75 Å². The summed E-state index contributed by atoms with van der Waals surface area (Å²) in [6, 6.07) is 13.4. The third kappa shape index (κ3) is 5.32. The smallest absolute Gasteiger partial charge is 0.325 e. The van der Waals surface area contributed by atoms with E-state index in [-0.39, 0.29) is 6.61 Å². The molecule has 0 unspecified atom stereocenters. The van der Waals surface area contributed by atoms with Gasteiger partial charge in [-0.1, -0.05) is 40.6 Å². The first kappa shape index (κ1) is 17.5. The molecule has 3 aromatic rings. The van der Waals surface area contributed by atoms with Crippen LogP contribution in [0.1, 0.15) is 5.01 Å². The number of carbonyl (C=O) groups is 1. The van der Waals surface area contributed by atoms with Crippen molar-refractivity contribution in [1.82, 2.24) is 10.2 Å². The molecule has 0 saturated carbocycles. The molecule has 0 spiro atoms. The number of carbonyl (C=O) groups excluding carboxylic acids is 1. The Bertz CT molecular complexity index is 871. The lowest BCUT2D eigenvalue weighted by molar-refractivity contribution is 0.262. The van der Waals surface area contributed by atoms with Crippen LogP contribution in [0.3, 0.4) is 0 Å². The zero-order valence-corrected chi connectivity index (χ0v) is 15.0. The van der Waals surface area contributed by atoms with Crippen LogP contribution in [-0.4, -0.2) is 16.2 Å². The quantitative estimate of drug-likeness (QED) is 0.633. The van der Waals surface area contributed by atoms with Gasteiger partial charge in [-0.15, -0.1) is 10.2 Å². The molecule has 0 bridgehead atoms. The Morgan fingerprint density at radius 3 is 2.60 bits per heavy atom. The maximum Gasteiger partial charge on any atom is 0.325 e. The van der Waals surface area contributed by atoms with Crippen LogP contribution in [0.4, 0.5) is 15.6 Å². The Morgan fingerprint density at radius 1 is 1.04 bits per heavy atom. The van der Waals surface area contributed by atoms with E-state index < -0.39 is 6.03 Å². The topological polar surface area (TPSA) is 76.1 Å². The molecule has 9 heteroatoms. The first-order valence-electron chi connectivity index (χ1n) is 7.13. The number of hydrogen-bond acceptors (Lipinski definition) is 5. The van der Waals surface area contributed by atoms with Crippen molar-refractivity contribution in [1.29, 1.82) is 0 Å². The number of nitrogens with one attached hydrogen (secondary N) is 2. The Kier molecular flexibility index (Phi) is 5.70. The zero-order valence-electron chi connectivity index (χ0n) is 12.7. The van der Waals surface area contributed by atoms with Gasteiger partial charge >= 0.3 is 6.03 Å². The summed E-state index contributed by atoms with van der Waals surface area (Å²) in [5.74, 6) is 0.674. The molecule has 2 amide bonds. The lowest BCUT2D eigenvalue weighted by Gasteiger charge is -2.05. The molecular weight excluding hydrogens is 383 g/mol. The number of rotatable bonds is 5. The molecule has 0 aliphatic carbocycles. The summed E-state index contributed by atoms with van der Waals surface area (Å²) in [7, 11) is 0. The molecule has 0 fully saturated rings. The van der Waals surface area contributed by atoms with Gasteiger partial charge in [-0.05, 0) is 42.5 Å². The summed E-state index contributed by atoms with van der Waals surface area (Å²) in [5.41, 5.74) is 0.584. The summed E-state index contributed by atoms with van der Waals surface area (Å²) in [6.45, 7) is 0.247. The standard InChI is InChI=1S/C16H12Cl2N4O2S/c17-10-4-6-13(7-5-10)24-9-14-21-22-16(25-14)20-15(23)19-12-3-1-2-11(18)8-12/h1-8H,9H2,(H2,19,20,22,23). The van der Waals surface area contributed by atoms with E-state index in [0.717, 1.165) is 0 Å². The van der Waals surface area contributed by atoms with Crippen molar-refractivity contribution < 1.29 is 9.53 Å². The second-order valence-corrected chi connectivity index (χ2v) is 6.77. The Balaban J connectivity index is 1.52. The van der Waals surface area contributed by atoms with Gasteiger partial charge in [-0.2, -0.15) is 0 Å². The number of urea groups is 1. The molecule has 0 atom stereocenters. The van der Waals surface area contributed by atoms with E-state index in [2.05, 4.69) is 20.8 Å². The average Bonchev–Trinajstić information content (AvgIpc) is 3.01. The fourth-order valence-electron chi connectivity index (χ4n) is 1.86. The van der Waals surface area contributed by atoms with Gasteiger partial charge in [0.2, 0.25) is 5.13 Å². The van der Waals surface area contributed by atoms with Crippen molar-refractivity contribution in [3.63, 3.8) is 0 Å². The van der Waals surface area contributed by atoms with Crippen molar-refractivity contribution in [2.75, 3.05) is 10.6 Å². The highest BCUT2D eigenvalue weighted by Crippen LogP contribution is 2.20. The molecule has 3 rings (SSSR count). The number of hydrogen-bond donors (Lipinski definition) is 2. The van der Waals surface area contributed by atoms with Gasteiger partial charge in [0.1, 0.15) is 12.4 Å². The van der Waals surface area contributed by atoms with Crippen molar-refractivity contribution in [3.05, 3.63) is 63.6 Å². The van der Waals surface area contributed by atoms with Gasteiger partial charge in [0.05, 0.1) is 0 Å². The highest BCUT2D eigenvalue weighted by atomic mass is 35.5. The fraction of sp³-hybridized carbons (Fsp3) is 0.0625. The third-order valence-electron chi connectivity index (χ3n) is 2.95. The normalized spacial score (nSPS) is 10.3. The second kappa shape index (κ2) is 8.15. The van der Waals surface area contributed by atoms with Gasteiger partial charge in [0.15, 0.2) is 5.01 Å². The average molecular weight is 395 g/mol. The van der Waals surface area contributed by atoms with Gasteiger partial charge in [-0.3, -0.25) is 5.32 Å². The van der Waals surface area contributed by atoms with Gasteiger partial charge in [-0.25, -0.2) is 4.79 Å². The number of amides is 2. The van der Waals surface area contributed by atoms with E-state index in [1.165, 1.54) is 11.3 Å². The van der Waals surface area contributed by atoms with E-state index in [1.54, 1.807) is 48.5 Å². The third-order valence-corrected chi connectivity index (χ3v) is 4.25. The Hall–Kier alpha value is -2.35. The van der Waals surface area contributed by atoms with Crippen molar-refractivity contribution in [2.45, 2.75) is 6.61 Å². The van der Waals surface area contributed by atoms with E-state index >= 15 is 0 Å². The molecule has 6 nitrogen and oxygen atoms in total. The van der Waals surface area contributed by atoms with E-state index in [0.29, 0.717) is 31.6 Å². The molecule has 2 N–H and O–H groups in total. The van der Waals surface area contributed by atoms with Crippen LogP contribution in [0.2, 0.25) is 10.0 Å². The molecule has 1 heterocycles. The predicted molar refractivity (Wildman–Crippen MR) is 99.8 cm³/mol. The Labute approximate surface area is 157 Å². The molecule has 25 heavy (non-hydrogen) atoms. The maximum absolute atomic E-state index is 11.9. The minimum atomic E-state index is -0.427. The van der Waals surface area contributed by atoms with Gasteiger partial charge < -0.3 is 10.1 Å². The molecule has 0 aliphatic heterocycles. The minimum Gasteiger partial charge on any atom is -0.486 e. The lowest BCUT2D eigenvalue weighted by atomic mass is 10.3. The van der Waals surface area contributed by atoms with E-state index in [9.17, 15) is 4.79 Å². The largest absolute Gasteiger partial charge is 0.486 e. The monoisotopic (exact) mass is 394 g/mol. The lowest BCUT2D eigenvalue weighted by Crippen LogP contribution is -2.19. The molecule has 2 aromatic carbocycles. The number of ether oxygens (including phenoxy) is 1. The molecule has 128 valence electrons. The number of halogens is 2. The predicted octanol–water partition coefficient (Wildman–Crippen LogP) is 5.07. The molecule has 0 saturated heterocycles. The summed E-state index contributed by atoms with van der Waals surface area (Å²) < 4.78 is 5.58. The second-order valence-electron chi connectivity index (χ2n) is 4.83. The van der Waals surface area contributed by atoms with Crippen molar-refractivity contribution in [3.8, 4) is 5.75 Å². The Morgan fingerprint density at radius 2 is 1.84 bits per heavy atom. The first-order valence-corrected chi connectivity index (χ1v) is 8.70. The minimum absolute atomic E-state index is 0.247. The van der Waals surface area contributed by atoms with E-state index in [1.807, 2.05) is 0 Å². The zero-order chi connectivity index (χ0) is 17.6. The number of nitrogens with zero attached hydrogens (tertiary/aromatic N) is 2. The highest BCUT2D eigenvalue weighted by molar-refractivity contribution is 7.15.